The van der Waals surface area contributed by atoms with E-state index in [0.29, 0.717) is 0 Å². The van der Waals surface area contributed by atoms with E-state index >= 15 is 0 Å². The van der Waals surface area contributed by atoms with Crippen LogP contribution in [-0.4, -0.2) is 0 Å². The van der Waals surface area contributed by atoms with Gasteiger partial charge in [-0.3, -0.25) is 0 Å². The fourth-order valence-corrected chi connectivity index (χ4v) is 3.20. The molecule has 3 atom stereocenters. The smallest absolute Gasteiger partial charge is 0.0908 e. The first kappa shape index (κ1) is 10.5. The molecule has 2 aliphatic carbocycles. The van der Waals surface area contributed by atoms with E-state index in [9.17, 15) is 0 Å². The molecule has 2 rings (SSSR count). The SMILES string of the molecule is CC1=CCC2(C=CC#N)CC1CCC2C. The predicted molar refractivity (Wildman–Crippen MR) is 62.1 cm³/mol. The first-order chi connectivity index (χ1) is 7.18. The van der Waals surface area contributed by atoms with Crippen LogP contribution in [0.2, 0.25) is 0 Å². The van der Waals surface area contributed by atoms with Gasteiger partial charge >= 0.3 is 0 Å². The van der Waals surface area contributed by atoms with E-state index in [-0.39, 0.29) is 5.41 Å². The Labute approximate surface area is 92.5 Å². The van der Waals surface area contributed by atoms with Crippen LogP contribution in [0.3, 0.4) is 0 Å². The molecule has 3 unspecified atom stereocenters. The second-order valence-electron chi connectivity index (χ2n) is 5.23. The molecular formula is C14H19N. The molecule has 0 saturated heterocycles. The summed E-state index contributed by atoms with van der Waals surface area (Å²) in [6.07, 6.45) is 11.3. The second-order valence-corrected chi connectivity index (χ2v) is 5.23. The van der Waals surface area contributed by atoms with Crippen molar-refractivity contribution >= 4 is 0 Å². The molecule has 0 spiro atoms. The summed E-state index contributed by atoms with van der Waals surface area (Å²) in [6.45, 7) is 4.60. The van der Waals surface area contributed by atoms with Gasteiger partial charge in [-0.2, -0.15) is 5.26 Å². The van der Waals surface area contributed by atoms with Crippen LogP contribution in [0.25, 0.3) is 0 Å². The van der Waals surface area contributed by atoms with Crippen LogP contribution in [0, 0.1) is 28.6 Å². The highest BCUT2D eigenvalue weighted by Gasteiger charge is 2.41. The molecule has 2 bridgehead atoms. The zero-order chi connectivity index (χ0) is 10.9. The summed E-state index contributed by atoms with van der Waals surface area (Å²) in [4.78, 5) is 0. The lowest BCUT2D eigenvalue weighted by Crippen LogP contribution is -2.36. The van der Waals surface area contributed by atoms with Gasteiger partial charge in [0.05, 0.1) is 6.07 Å². The van der Waals surface area contributed by atoms with Gasteiger partial charge in [0.1, 0.15) is 0 Å². The Morgan fingerprint density at radius 1 is 1.53 bits per heavy atom. The van der Waals surface area contributed by atoms with Crippen LogP contribution in [-0.2, 0) is 0 Å². The van der Waals surface area contributed by atoms with Gasteiger partial charge in [0.25, 0.3) is 0 Å². The van der Waals surface area contributed by atoms with Crippen molar-refractivity contribution < 1.29 is 0 Å². The van der Waals surface area contributed by atoms with E-state index in [1.807, 2.05) is 0 Å². The lowest BCUT2D eigenvalue weighted by molar-refractivity contribution is 0.123. The lowest BCUT2D eigenvalue weighted by atomic mass is 9.58. The largest absolute Gasteiger partial charge is 0.193 e. The maximum atomic E-state index is 8.68. The minimum atomic E-state index is 0.290. The van der Waals surface area contributed by atoms with E-state index in [1.54, 1.807) is 11.6 Å². The van der Waals surface area contributed by atoms with Crippen LogP contribution in [0.1, 0.15) is 39.5 Å². The van der Waals surface area contributed by atoms with Crippen molar-refractivity contribution in [3.63, 3.8) is 0 Å². The molecule has 1 heteroatoms. The van der Waals surface area contributed by atoms with Gasteiger partial charge in [0.15, 0.2) is 0 Å². The van der Waals surface area contributed by atoms with Crippen LogP contribution >= 0.6 is 0 Å². The molecule has 0 N–H and O–H groups in total. The van der Waals surface area contributed by atoms with Gasteiger partial charge in [-0.25, -0.2) is 0 Å². The normalized spacial score (nSPS) is 39.9. The molecule has 0 heterocycles. The average molecular weight is 201 g/mol. The van der Waals surface area contributed by atoms with Crippen LogP contribution in [0.15, 0.2) is 23.8 Å². The minimum Gasteiger partial charge on any atom is -0.193 e. The molecular weight excluding hydrogens is 182 g/mol. The zero-order valence-electron chi connectivity index (χ0n) is 9.66. The first-order valence-electron chi connectivity index (χ1n) is 5.92. The molecule has 0 aromatic heterocycles. The third-order valence-electron chi connectivity index (χ3n) is 4.49. The topological polar surface area (TPSA) is 23.8 Å². The maximum absolute atomic E-state index is 8.68. The average Bonchev–Trinajstić information content (AvgIpc) is 2.26. The zero-order valence-corrected chi connectivity index (χ0v) is 9.66. The number of hydrogen-bond acceptors (Lipinski definition) is 1. The predicted octanol–water partition coefficient (Wildman–Crippen LogP) is 3.84. The molecule has 0 amide bonds. The van der Waals surface area contributed by atoms with Gasteiger partial charge in [-0.15, -0.1) is 0 Å². The molecule has 0 aromatic carbocycles. The summed E-state index contributed by atoms with van der Waals surface area (Å²) < 4.78 is 0. The summed E-state index contributed by atoms with van der Waals surface area (Å²) in [5.74, 6) is 1.50. The van der Waals surface area contributed by atoms with Gasteiger partial charge in [0, 0.05) is 6.08 Å². The second kappa shape index (κ2) is 3.85. The Morgan fingerprint density at radius 3 is 3.07 bits per heavy atom. The van der Waals surface area contributed by atoms with Crippen molar-refractivity contribution in [2.75, 3.05) is 0 Å². The quantitative estimate of drug-likeness (QED) is 0.467. The highest BCUT2D eigenvalue weighted by Crippen LogP contribution is 2.52. The number of allylic oxidation sites excluding steroid dienone is 4. The molecule has 1 fully saturated rings. The summed E-state index contributed by atoms with van der Waals surface area (Å²) in [7, 11) is 0. The van der Waals surface area contributed by atoms with Crippen molar-refractivity contribution in [3.8, 4) is 6.07 Å². The lowest BCUT2D eigenvalue weighted by Gasteiger charge is -2.47. The van der Waals surface area contributed by atoms with E-state index in [2.05, 4.69) is 32.1 Å². The molecule has 1 saturated carbocycles. The number of fused-ring (bicyclic) bond motifs is 2. The Hall–Kier alpha value is -1.03. The Balaban J connectivity index is 2.30. The summed E-state index contributed by atoms with van der Waals surface area (Å²) in [5, 5.41) is 8.68. The Bertz CT molecular complexity index is 345. The highest BCUT2D eigenvalue weighted by molar-refractivity contribution is 5.21. The van der Waals surface area contributed by atoms with Gasteiger partial charge in [-0.05, 0) is 49.9 Å². The van der Waals surface area contributed by atoms with E-state index < -0.39 is 0 Å². The third kappa shape index (κ3) is 1.74. The Kier molecular flexibility index (Phi) is 2.69. The number of nitriles is 1. The van der Waals surface area contributed by atoms with Crippen molar-refractivity contribution in [2.24, 2.45) is 17.3 Å². The fourth-order valence-electron chi connectivity index (χ4n) is 3.20. The van der Waals surface area contributed by atoms with Crippen molar-refractivity contribution in [3.05, 3.63) is 23.8 Å². The number of hydrogen-bond donors (Lipinski definition) is 0. The van der Waals surface area contributed by atoms with Gasteiger partial charge < -0.3 is 0 Å². The molecule has 0 radical (unpaired) electrons. The standard InChI is InChI=1S/C14H19N/c1-11-6-8-14(7-3-9-15)10-13(11)5-4-12(14)2/h3,6-7,12-13H,4-5,8,10H2,1-2H3. The number of rotatable bonds is 1. The molecule has 15 heavy (non-hydrogen) atoms. The monoisotopic (exact) mass is 201 g/mol. The van der Waals surface area contributed by atoms with Crippen LogP contribution in [0.5, 0.6) is 0 Å². The van der Waals surface area contributed by atoms with Crippen molar-refractivity contribution in [1.82, 2.24) is 0 Å². The third-order valence-corrected chi connectivity index (χ3v) is 4.49. The van der Waals surface area contributed by atoms with Crippen molar-refractivity contribution in [2.45, 2.75) is 39.5 Å². The number of nitrogens with zero attached hydrogens (tertiary/aromatic N) is 1. The molecule has 2 aliphatic rings. The molecule has 1 nitrogen and oxygen atoms in total. The van der Waals surface area contributed by atoms with Crippen LogP contribution in [0.4, 0.5) is 0 Å². The highest BCUT2D eigenvalue weighted by atomic mass is 14.5. The maximum Gasteiger partial charge on any atom is 0.0908 e. The molecule has 0 aromatic rings. The van der Waals surface area contributed by atoms with Gasteiger partial charge in [0.2, 0.25) is 0 Å². The molecule has 80 valence electrons. The van der Waals surface area contributed by atoms with Crippen molar-refractivity contribution in [1.29, 1.82) is 5.26 Å². The van der Waals surface area contributed by atoms with E-state index in [4.69, 9.17) is 5.26 Å². The fraction of sp³-hybridized carbons (Fsp3) is 0.643. The minimum absolute atomic E-state index is 0.290. The summed E-state index contributed by atoms with van der Waals surface area (Å²) in [6, 6.07) is 2.14. The summed E-state index contributed by atoms with van der Waals surface area (Å²) >= 11 is 0. The van der Waals surface area contributed by atoms with Gasteiger partial charge in [-0.1, -0.05) is 24.6 Å². The van der Waals surface area contributed by atoms with E-state index in [1.165, 1.54) is 19.3 Å². The van der Waals surface area contributed by atoms with Crippen LogP contribution < -0.4 is 0 Å². The summed E-state index contributed by atoms with van der Waals surface area (Å²) in [5.41, 5.74) is 1.86. The molecule has 0 aliphatic heterocycles. The first-order valence-corrected chi connectivity index (χ1v) is 5.92. The van der Waals surface area contributed by atoms with E-state index in [0.717, 1.165) is 18.3 Å². The Morgan fingerprint density at radius 2 is 2.33 bits per heavy atom.